The van der Waals surface area contributed by atoms with Gasteiger partial charge in [0, 0.05) is 19.0 Å². The molecule has 114 valence electrons. The van der Waals surface area contributed by atoms with Crippen LogP contribution in [0.2, 0.25) is 0 Å². The van der Waals surface area contributed by atoms with E-state index in [4.69, 9.17) is 4.74 Å². The lowest BCUT2D eigenvalue weighted by Crippen LogP contribution is -2.42. The molecule has 0 rings (SSSR count). The normalized spacial score (nSPS) is 15.6. The van der Waals surface area contributed by atoms with Gasteiger partial charge in [0.15, 0.2) is 0 Å². The van der Waals surface area contributed by atoms with E-state index in [2.05, 4.69) is 31.4 Å². The number of nitrogens with one attached hydrogen (secondary N) is 2. The van der Waals surface area contributed by atoms with Gasteiger partial charge in [-0.2, -0.15) is 0 Å². The molecule has 4 heteroatoms. The molecule has 0 saturated heterocycles. The minimum absolute atomic E-state index is 0.338. The molecule has 0 aromatic rings. The van der Waals surface area contributed by atoms with Gasteiger partial charge < -0.3 is 15.4 Å². The summed E-state index contributed by atoms with van der Waals surface area (Å²) in [4.78, 5) is 11.2. The largest absolute Gasteiger partial charge is 0.449 e. The highest BCUT2D eigenvalue weighted by molar-refractivity contribution is 5.66. The zero-order valence-electron chi connectivity index (χ0n) is 13.3. The summed E-state index contributed by atoms with van der Waals surface area (Å²) in [5, 5.41) is 5.94. The summed E-state index contributed by atoms with van der Waals surface area (Å²) in [5.41, 5.74) is 0. The van der Waals surface area contributed by atoms with Crippen molar-refractivity contribution in [2.24, 2.45) is 11.8 Å². The van der Waals surface area contributed by atoms with Crippen molar-refractivity contribution in [2.75, 3.05) is 20.7 Å². The minimum atomic E-state index is -0.338. The monoisotopic (exact) mass is 272 g/mol. The van der Waals surface area contributed by atoms with Crippen LogP contribution in [0.25, 0.3) is 0 Å². The molecule has 1 amide bonds. The Labute approximate surface area is 118 Å². The first-order valence-corrected chi connectivity index (χ1v) is 7.66. The second kappa shape index (κ2) is 11.1. The van der Waals surface area contributed by atoms with E-state index in [-0.39, 0.29) is 6.09 Å². The van der Waals surface area contributed by atoms with Gasteiger partial charge in [-0.1, -0.05) is 40.0 Å². The molecule has 0 aliphatic heterocycles. The predicted octanol–water partition coefficient (Wildman–Crippen LogP) is 3.17. The molecule has 0 radical (unpaired) electrons. The van der Waals surface area contributed by atoms with Gasteiger partial charge in [-0.25, -0.2) is 4.79 Å². The third-order valence-corrected chi connectivity index (χ3v) is 3.96. The maximum Gasteiger partial charge on any atom is 0.406 e. The van der Waals surface area contributed by atoms with Crippen LogP contribution in [0.3, 0.4) is 0 Å². The Morgan fingerprint density at radius 2 is 1.74 bits per heavy atom. The molecular formula is C15H32N2O2. The summed E-state index contributed by atoms with van der Waals surface area (Å²) in [6.45, 7) is 7.13. The summed E-state index contributed by atoms with van der Waals surface area (Å²) in [7, 11) is 3.61. The van der Waals surface area contributed by atoms with Gasteiger partial charge in [0.25, 0.3) is 0 Å². The van der Waals surface area contributed by atoms with Gasteiger partial charge in [-0.05, 0) is 25.8 Å². The number of carbonyl (C=O) groups excluding carboxylic acids is 1. The highest BCUT2D eigenvalue weighted by Gasteiger charge is 2.26. The van der Waals surface area contributed by atoms with Gasteiger partial charge in [0.1, 0.15) is 0 Å². The number of unbranched alkanes of at least 4 members (excludes halogenated alkanes) is 1. The quantitative estimate of drug-likeness (QED) is 0.642. The van der Waals surface area contributed by atoms with Crippen LogP contribution in [0.15, 0.2) is 0 Å². The second-order valence-electron chi connectivity index (χ2n) is 5.14. The fraction of sp³-hybridized carbons (Fsp3) is 0.933. The summed E-state index contributed by atoms with van der Waals surface area (Å²) in [6, 6.07) is 0.422. The zero-order valence-corrected chi connectivity index (χ0v) is 13.3. The highest BCUT2D eigenvalue weighted by atomic mass is 16.5. The fourth-order valence-electron chi connectivity index (χ4n) is 2.69. The van der Waals surface area contributed by atoms with E-state index in [9.17, 15) is 4.79 Å². The molecule has 2 N–H and O–H groups in total. The summed E-state index contributed by atoms with van der Waals surface area (Å²) in [5.74, 6) is 1.03. The highest BCUT2D eigenvalue weighted by Crippen LogP contribution is 2.24. The van der Waals surface area contributed by atoms with E-state index >= 15 is 0 Å². The first kappa shape index (κ1) is 18.2. The Morgan fingerprint density at radius 3 is 2.16 bits per heavy atom. The van der Waals surface area contributed by atoms with Crippen molar-refractivity contribution in [1.82, 2.24) is 10.6 Å². The van der Waals surface area contributed by atoms with Crippen molar-refractivity contribution < 1.29 is 9.53 Å². The molecule has 0 heterocycles. The van der Waals surface area contributed by atoms with Crippen molar-refractivity contribution in [3.8, 4) is 0 Å². The molecule has 19 heavy (non-hydrogen) atoms. The van der Waals surface area contributed by atoms with Crippen molar-refractivity contribution in [3.63, 3.8) is 0 Å². The van der Waals surface area contributed by atoms with Crippen molar-refractivity contribution in [2.45, 2.75) is 58.9 Å². The number of rotatable bonds is 10. The molecule has 0 aromatic carbocycles. The average Bonchev–Trinajstić information content (AvgIpc) is 2.45. The Kier molecular flexibility index (Phi) is 10.6. The SMILES string of the molecule is CCCCC(CC)C(NC)C(CC)COC(=O)NC. The molecule has 0 aliphatic carbocycles. The molecule has 0 fully saturated rings. The van der Waals surface area contributed by atoms with E-state index in [0.717, 1.165) is 6.42 Å². The standard InChI is InChI=1S/C15H32N2O2/c1-6-9-10-12(7-2)14(16-4)13(8-3)11-19-15(18)17-5/h12-14,16H,6-11H2,1-5H3,(H,17,18). The number of carbonyl (C=O) groups is 1. The van der Waals surface area contributed by atoms with Crippen LogP contribution in [-0.4, -0.2) is 32.8 Å². The van der Waals surface area contributed by atoms with Crippen LogP contribution in [-0.2, 0) is 4.74 Å². The third kappa shape index (κ3) is 6.81. The Balaban J connectivity index is 4.51. The van der Waals surface area contributed by atoms with Crippen molar-refractivity contribution in [3.05, 3.63) is 0 Å². The molecular weight excluding hydrogens is 240 g/mol. The number of alkyl carbamates (subject to hydrolysis) is 1. The van der Waals surface area contributed by atoms with Crippen LogP contribution in [0.5, 0.6) is 0 Å². The van der Waals surface area contributed by atoms with Crippen LogP contribution in [0.4, 0.5) is 4.79 Å². The van der Waals surface area contributed by atoms with Gasteiger partial charge in [0.2, 0.25) is 0 Å². The van der Waals surface area contributed by atoms with E-state index in [1.54, 1.807) is 7.05 Å². The minimum Gasteiger partial charge on any atom is -0.449 e. The first-order chi connectivity index (χ1) is 9.14. The van der Waals surface area contributed by atoms with Crippen LogP contribution < -0.4 is 10.6 Å². The lowest BCUT2D eigenvalue weighted by Gasteiger charge is -2.32. The van der Waals surface area contributed by atoms with Gasteiger partial charge in [0.05, 0.1) is 6.61 Å². The van der Waals surface area contributed by atoms with Gasteiger partial charge in [-0.15, -0.1) is 0 Å². The molecule has 3 atom stereocenters. The predicted molar refractivity (Wildman–Crippen MR) is 80.3 cm³/mol. The van der Waals surface area contributed by atoms with Crippen LogP contribution in [0.1, 0.15) is 52.9 Å². The number of hydrogen-bond donors (Lipinski definition) is 2. The Hall–Kier alpha value is -0.770. The first-order valence-electron chi connectivity index (χ1n) is 7.66. The lowest BCUT2D eigenvalue weighted by atomic mass is 9.82. The van der Waals surface area contributed by atoms with E-state index in [0.29, 0.717) is 24.5 Å². The van der Waals surface area contributed by atoms with Crippen molar-refractivity contribution in [1.29, 1.82) is 0 Å². The molecule has 0 bridgehead atoms. The van der Waals surface area contributed by atoms with E-state index in [1.165, 1.54) is 25.7 Å². The second-order valence-corrected chi connectivity index (χ2v) is 5.14. The number of ether oxygens (including phenoxy) is 1. The smallest absolute Gasteiger partial charge is 0.406 e. The van der Waals surface area contributed by atoms with Gasteiger partial charge >= 0.3 is 6.09 Å². The molecule has 3 unspecified atom stereocenters. The average molecular weight is 272 g/mol. The topological polar surface area (TPSA) is 50.4 Å². The van der Waals surface area contributed by atoms with E-state index < -0.39 is 0 Å². The molecule has 0 aliphatic rings. The summed E-state index contributed by atoms with van der Waals surface area (Å²) >= 11 is 0. The van der Waals surface area contributed by atoms with Gasteiger partial charge in [-0.3, -0.25) is 0 Å². The third-order valence-electron chi connectivity index (χ3n) is 3.96. The maximum absolute atomic E-state index is 11.2. The number of amides is 1. The Bertz CT molecular complexity index is 234. The lowest BCUT2D eigenvalue weighted by molar-refractivity contribution is 0.104. The molecule has 0 aromatic heterocycles. The van der Waals surface area contributed by atoms with Crippen molar-refractivity contribution >= 4 is 6.09 Å². The van der Waals surface area contributed by atoms with Crippen LogP contribution in [0, 0.1) is 11.8 Å². The maximum atomic E-state index is 11.2. The Morgan fingerprint density at radius 1 is 1.11 bits per heavy atom. The molecule has 0 spiro atoms. The number of hydrogen-bond acceptors (Lipinski definition) is 3. The summed E-state index contributed by atoms with van der Waals surface area (Å²) in [6.07, 6.45) is 5.60. The molecule has 0 saturated carbocycles. The zero-order chi connectivity index (χ0) is 14.7. The fourth-order valence-corrected chi connectivity index (χ4v) is 2.69. The summed E-state index contributed by atoms with van der Waals surface area (Å²) < 4.78 is 5.24. The van der Waals surface area contributed by atoms with Crippen LogP contribution >= 0.6 is 0 Å². The molecule has 4 nitrogen and oxygen atoms in total. The van der Waals surface area contributed by atoms with E-state index in [1.807, 2.05) is 7.05 Å².